The number of halogens is 1. The summed E-state index contributed by atoms with van der Waals surface area (Å²) in [4.78, 5) is 17.6. The molecule has 7 heteroatoms. The zero-order valence-corrected chi connectivity index (χ0v) is 15.6. The first-order chi connectivity index (χ1) is 12.6. The van der Waals surface area contributed by atoms with E-state index in [0.29, 0.717) is 40.0 Å². The third kappa shape index (κ3) is 3.46. The highest BCUT2D eigenvalue weighted by Crippen LogP contribution is 2.30. The Hall–Kier alpha value is -2.73. The van der Waals surface area contributed by atoms with Gasteiger partial charge < -0.3 is 14.8 Å². The standard InChI is InChI=1S/C19H20ClN3O3/c1-4-5-14-18(23-11-12(20)6-9-17(23)21-14)19(24)22-15-10-13(25-2)7-8-16(15)26-3/h6-11H,4-5H2,1-3H3,(H,22,24). The maximum atomic E-state index is 13.1. The fourth-order valence-corrected chi connectivity index (χ4v) is 2.97. The number of hydrogen-bond acceptors (Lipinski definition) is 4. The number of nitrogens with zero attached hydrogens (tertiary/aromatic N) is 2. The number of benzene rings is 1. The number of carbonyl (C=O) groups is 1. The third-order valence-electron chi connectivity index (χ3n) is 4.01. The van der Waals surface area contributed by atoms with Crippen LogP contribution in [0.2, 0.25) is 5.02 Å². The van der Waals surface area contributed by atoms with Crippen LogP contribution in [0.1, 0.15) is 29.5 Å². The molecule has 0 bridgehead atoms. The molecule has 1 aromatic carbocycles. The van der Waals surface area contributed by atoms with Crippen molar-refractivity contribution in [1.29, 1.82) is 0 Å². The van der Waals surface area contributed by atoms with Crippen LogP contribution in [-0.2, 0) is 6.42 Å². The molecule has 0 fully saturated rings. The predicted octanol–water partition coefficient (Wildman–Crippen LogP) is 4.21. The highest BCUT2D eigenvalue weighted by Gasteiger charge is 2.20. The van der Waals surface area contributed by atoms with Gasteiger partial charge in [0.1, 0.15) is 22.8 Å². The van der Waals surface area contributed by atoms with Gasteiger partial charge in [-0.3, -0.25) is 9.20 Å². The smallest absolute Gasteiger partial charge is 0.274 e. The van der Waals surface area contributed by atoms with Crippen molar-refractivity contribution in [3.8, 4) is 11.5 Å². The fourth-order valence-electron chi connectivity index (χ4n) is 2.81. The van der Waals surface area contributed by atoms with Gasteiger partial charge >= 0.3 is 0 Å². The van der Waals surface area contributed by atoms with Crippen molar-refractivity contribution in [2.75, 3.05) is 19.5 Å². The van der Waals surface area contributed by atoms with Gasteiger partial charge in [0.25, 0.3) is 5.91 Å². The van der Waals surface area contributed by atoms with Gasteiger partial charge in [-0.15, -0.1) is 0 Å². The topological polar surface area (TPSA) is 64.9 Å². The monoisotopic (exact) mass is 373 g/mol. The normalized spacial score (nSPS) is 10.8. The first-order valence-electron chi connectivity index (χ1n) is 8.27. The molecule has 0 aliphatic heterocycles. The minimum atomic E-state index is -0.283. The lowest BCUT2D eigenvalue weighted by atomic mass is 10.2. The van der Waals surface area contributed by atoms with Crippen LogP contribution in [0.15, 0.2) is 36.5 Å². The van der Waals surface area contributed by atoms with Crippen LogP contribution >= 0.6 is 11.6 Å². The molecule has 6 nitrogen and oxygen atoms in total. The van der Waals surface area contributed by atoms with E-state index in [-0.39, 0.29) is 5.91 Å². The average Bonchev–Trinajstić information content (AvgIpc) is 2.99. The Morgan fingerprint density at radius 1 is 1.23 bits per heavy atom. The number of imidazole rings is 1. The quantitative estimate of drug-likeness (QED) is 0.703. The largest absolute Gasteiger partial charge is 0.497 e. The van der Waals surface area contributed by atoms with Crippen LogP contribution in [0, 0.1) is 0 Å². The van der Waals surface area contributed by atoms with Crippen LogP contribution in [0.4, 0.5) is 5.69 Å². The number of pyridine rings is 1. The van der Waals surface area contributed by atoms with E-state index in [1.54, 1.807) is 55.1 Å². The number of hydrogen-bond donors (Lipinski definition) is 1. The maximum absolute atomic E-state index is 13.1. The molecule has 1 amide bonds. The number of ether oxygens (including phenoxy) is 2. The minimum Gasteiger partial charge on any atom is -0.497 e. The summed E-state index contributed by atoms with van der Waals surface area (Å²) in [5.41, 5.74) is 2.40. The Labute approximate surface area is 156 Å². The summed E-state index contributed by atoms with van der Waals surface area (Å²) < 4.78 is 12.3. The SMILES string of the molecule is CCCc1nc2ccc(Cl)cn2c1C(=O)Nc1cc(OC)ccc1OC. The highest BCUT2D eigenvalue weighted by atomic mass is 35.5. The second-order valence-corrected chi connectivity index (χ2v) is 6.19. The second kappa shape index (κ2) is 7.66. The van der Waals surface area contributed by atoms with Gasteiger partial charge in [-0.1, -0.05) is 24.9 Å². The number of aromatic nitrogens is 2. The van der Waals surface area contributed by atoms with Crippen LogP contribution in [0.5, 0.6) is 11.5 Å². The summed E-state index contributed by atoms with van der Waals surface area (Å²) in [6, 6.07) is 8.78. The molecule has 0 spiro atoms. The van der Waals surface area contributed by atoms with Crippen molar-refractivity contribution >= 4 is 28.8 Å². The Kier molecular flexibility index (Phi) is 5.32. The van der Waals surface area contributed by atoms with Crippen LogP contribution in [0.25, 0.3) is 5.65 Å². The van der Waals surface area contributed by atoms with E-state index in [0.717, 1.165) is 12.1 Å². The summed E-state index contributed by atoms with van der Waals surface area (Å²) in [6.07, 6.45) is 3.26. The Morgan fingerprint density at radius 2 is 2.04 bits per heavy atom. The van der Waals surface area contributed by atoms with E-state index >= 15 is 0 Å². The number of methoxy groups -OCH3 is 2. The number of amides is 1. The molecule has 3 aromatic rings. The zero-order chi connectivity index (χ0) is 18.7. The molecule has 2 heterocycles. The number of aryl methyl sites for hydroxylation is 1. The lowest BCUT2D eigenvalue weighted by molar-refractivity contribution is 0.102. The van der Waals surface area contributed by atoms with E-state index in [9.17, 15) is 4.79 Å². The minimum absolute atomic E-state index is 0.283. The number of carbonyl (C=O) groups excluding carboxylic acids is 1. The lowest BCUT2D eigenvalue weighted by Gasteiger charge is -2.12. The molecule has 0 atom stereocenters. The predicted molar refractivity (Wildman–Crippen MR) is 102 cm³/mol. The number of rotatable bonds is 6. The molecule has 0 unspecified atom stereocenters. The van der Waals surface area contributed by atoms with Crippen molar-refractivity contribution in [1.82, 2.24) is 9.38 Å². The Balaban J connectivity index is 2.05. The summed E-state index contributed by atoms with van der Waals surface area (Å²) >= 11 is 6.11. The Morgan fingerprint density at radius 3 is 2.73 bits per heavy atom. The molecule has 3 rings (SSSR count). The molecular formula is C19H20ClN3O3. The van der Waals surface area contributed by atoms with Gasteiger partial charge in [0.2, 0.25) is 0 Å². The molecule has 26 heavy (non-hydrogen) atoms. The van der Waals surface area contributed by atoms with Crippen molar-refractivity contribution < 1.29 is 14.3 Å². The van der Waals surface area contributed by atoms with Gasteiger partial charge in [0.05, 0.1) is 30.6 Å². The van der Waals surface area contributed by atoms with Crippen molar-refractivity contribution in [3.63, 3.8) is 0 Å². The number of anilines is 1. The van der Waals surface area contributed by atoms with E-state index < -0.39 is 0 Å². The first kappa shape index (κ1) is 18.1. The van der Waals surface area contributed by atoms with Gasteiger partial charge in [0, 0.05) is 12.3 Å². The molecule has 136 valence electrons. The summed E-state index contributed by atoms with van der Waals surface area (Å²) in [5, 5.41) is 3.43. The summed E-state index contributed by atoms with van der Waals surface area (Å²) in [7, 11) is 3.12. The van der Waals surface area contributed by atoms with E-state index in [1.807, 2.05) is 6.92 Å². The van der Waals surface area contributed by atoms with Gasteiger partial charge in [-0.2, -0.15) is 0 Å². The molecule has 0 saturated carbocycles. The van der Waals surface area contributed by atoms with Crippen LogP contribution in [-0.4, -0.2) is 29.5 Å². The fraction of sp³-hybridized carbons (Fsp3) is 0.263. The van der Waals surface area contributed by atoms with Crippen molar-refractivity contribution in [3.05, 3.63) is 52.9 Å². The van der Waals surface area contributed by atoms with Crippen LogP contribution in [0.3, 0.4) is 0 Å². The van der Waals surface area contributed by atoms with Crippen molar-refractivity contribution in [2.24, 2.45) is 0 Å². The molecular weight excluding hydrogens is 354 g/mol. The highest BCUT2D eigenvalue weighted by molar-refractivity contribution is 6.30. The molecule has 0 saturated heterocycles. The summed E-state index contributed by atoms with van der Waals surface area (Å²) in [6.45, 7) is 2.05. The van der Waals surface area contributed by atoms with Gasteiger partial charge in [-0.25, -0.2) is 4.98 Å². The maximum Gasteiger partial charge on any atom is 0.274 e. The van der Waals surface area contributed by atoms with E-state index in [4.69, 9.17) is 21.1 Å². The molecule has 1 N–H and O–H groups in total. The number of nitrogens with one attached hydrogen (secondary N) is 1. The third-order valence-corrected chi connectivity index (χ3v) is 4.23. The van der Waals surface area contributed by atoms with Crippen molar-refractivity contribution in [2.45, 2.75) is 19.8 Å². The molecule has 0 aliphatic carbocycles. The Bertz CT molecular complexity index is 953. The second-order valence-electron chi connectivity index (χ2n) is 5.75. The number of fused-ring (bicyclic) bond motifs is 1. The first-order valence-corrected chi connectivity index (χ1v) is 8.65. The summed E-state index contributed by atoms with van der Waals surface area (Å²) in [5.74, 6) is 0.883. The van der Waals surface area contributed by atoms with E-state index in [2.05, 4.69) is 10.3 Å². The van der Waals surface area contributed by atoms with E-state index in [1.165, 1.54) is 0 Å². The van der Waals surface area contributed by atoms with Gasteiger partial charge in [0.15, 0.2) is 0 Å². The lowest BCUT2D eigenvalue weighted by Crippen LogP contribution is -2.17. The van der Waals surface area contributed by atoms with Crippen LogP contribution < -0.4 is 14.8 Å². The molecule has 0 radical (unpaired) electrons. The average molecular weight is 374 g/mol. The van der Waals surface area contributed by atoms with Gasteiger partial charge in [-0.05, 0) is 30.7 Å². The molecule has 2 aromatic heterocycles. The molecule has 0 aliphatic rings. The zero-order valence-electron chi connectivity index (χ0n) is 14.9.